The number of nitrogens with zero attached hydrogens (tertiary/aromatic N) is 1. The number of β-amino-alcohol motifs (C(OH)–C–C–N with tert-alkyl or cyclic N) is 2. The van der Waals surface area contributed by atoms with Crippen molar-refractivity contribution in [2.45, 2.75) is 51.7 Å². The molecule has 21 heavy (non-hydrogen) atoms. The highest BCUT2D eigenvalue weighted by Gasteiger charge is 2.22. The molecule has 0 aromatic carbocycles. The molecule has 0 aliphatic carbocycles. The van der Waals surface area contributed by atoms with Crippen LogP contribution in [-0.2, 0) is 9.59 Å². The third-order valence-electron chi connectivity index (χ3n) is 3.13. The summed E-state index contributed by atoms with van der Waals surface area (Å²) in [6, 6.07) is 0. The third kappa shape index (κ3) is 10.6. The number of carbonyl (C=O) groups excluding carboxylic acids is 2. The highest BCUT2D eigenvalue weighted by atomic mass is 35.5. The predicted octanol–water partition coefficient (Wildman–Crippen LogP) is 0.492. The molecule has 2 aliphatic rings. The Hall–Kier alpha value is -0.690. The zero-order valence-corrected chi connectivity index (χ0v) is 13.6. The van der Waals surface area contributed by atoms with Gasteiger partial charge in [-0.05, 0) is 31.0 Å². The summed E-state index contributed by atoms with van der Waals surface area (Å²) in [6.07, 6.45) is 2.31. The van der Waals surface area contributed by atoms with Crippen molar-refractivity contribution < 1.29 is 19.8 Å². The summed E-state index contributed by atoms with van der Waals surface area (Å²) in [6.45, 7) is 6.60. The fraction of sp³-hybridized carbons (Fsp3) is 0.857. The first-order chi connectivity index (χ1) is 9.90. The number of likely N-dealkylation sites (tertiary alicyclic amines) is 1. The van der Waals surface area contributed by atoms with E-state index in [1.807, 2.05) is 6.92 Å². The minimum Gasteiger partial charge on any atom is -0.392 e. The van der Waals surface area contributed by atoms with Crippen LogP contribution in [0.25, 0.3) is 0 Å². The predicted molar refractivity (Wildman–Crippen MR) is 82.1 cm³/mol. The van der Waals surface area contributed by atoms with Gasteiger partial charge in [-0.2, -0.15) is 0 Å². The Bertz CT molecular complexity index is 309. The van der Waals surface area contributed by atoms with E-state index in [2.05, 4.69) is 5.32 Å². The normalized spacial score (nSPS) is 23.8. The first-order valence-electron chi connectivity index (χ1n) is 7.43. The molecule has 2 aliphatic heterocycles. The summed E-state index contributed by atoms with van der Waals surface area (Å²) in [5.74, 6) is 0.150. The molecule has 0 bridgehead atoms. The maximum Gasteiger partial charge on any atom is 0.222 e. The number of aliphatic hydroxyl groups is 2. The third-order valence-corrected chi connectivity index (χ3v) is 3.40. The van der Waals surface area contributed by atoms with Crippen LogP contribution in [0.1, 0.15) is 39.5 Å². The smallest absolute Gasteiger partial charge is 0.222 e. The van der Waals surface area contributed by atoms with Gasteiger partial charge in [-0.1, -0.05) is 13.8 Å². The van der Waals surface area contributed by atoms with Crippen LogP contribution in [0.15, 0.2) is 0 Å². The van der Waals surface area contributed by atoms with E-state index in [0.717, 1.165) is 32.5 Å². The Balaban J connectivity index is 0.000000312. The molecule has 0 radical (unpaired) electrons. The molecule has 0 spiro atoms. The summed E-state index contributed by atoms with van der Waals surface area (Å²) in [4.78, 5) is 22.3. The topological polar surface area (TPSA) is 89.9 Å². The number of halogens is 1. The van der Waals surface area contributed by atoms with Crippen LogP contribution >= 0.6 is 11.6 Å². The van der Waals surface area contributed by atoms with Gasteiger partial charge < -0.3 is 20.4 Å². The largest absolute Gasteiger partial charge is 0.392 e. The molecule has 2 atom stereocenters. The molecule has 0 aromatic heterocycles. The molecule has 0 saturated carbocycles. The minimum atomic E-state index is -0.282. The highest BCUT2D eigenvalue weighted by Crippen LogP contribution is 2.09. The van der Waals surface area contributed by atoms with Gasteiger partial charge in [0.1, 0.15) is 0 Å². The van der Waals surface area contributed by atoms with Crippen LogP contribution in [0.4, 0.5) is 0 Å². The Morgan fingerprint density at radius 1 is 1.19 bits per heavy atom. The number of aliphatic hydroxyl groups excluding tert-OH is 2. The van der Waals surface area contributed by atoms with Crippen LogP contribution < -0.4 is 5.32 Å². The fourth-order valence-electron chi connectivity index (χ4n) is 1.83. The number of rotatable bonds is 2. The Labute approximate surface area is 131 Å². The van der Waals surface area contributed by atoms with Gasteiger partial charge in [0, 0.05) is 32.5 Å². The van der Waals surface area contributed by atoms with Crippen molar-refractivity contribution >= 4 is 22.8 Å². The van der Waals surface area contributed by atoms with E-state index in [1.54, 1.807) is 11.8 Å². The van der Waals surface area contributed by atoms with Gasteiger partial charge in [-0.15, -0.1) is 0 Å². The SMILES string of the molecule is CCC(=O)Cl.CCC(=O)N1CC[C@H](O)C1.O[C@H]1CCNC1. The Morgan fingerprint density at radius 3 is 2.05 bits per heavy atom. The average molecular weight is 323 g/mol. The summed E-state index contributed by atoms with van der Waals surface area (Å²) >= 11 is 4.82. The van der Waals surface area contributed by atoms with Gasteiger partial charge in [0.15, 0.2) is 0 Å². The molecule has 2 rings (SSSR count). The molecule has 0 unspecified atom stereocenters. The molecule has 2 fully saturated rings. The van der Waals surface area contributed by atoms with Crippen molar-refractivity contribution in [1.29, 1.82) is 0 Å². The molecule has 3 N–H and O–H groups in total. The van der Waals surface area contributed by atoms with Crippen molar-refractivity contribution in [1.82, 2.24) is 10.2 Å². The number of hydrogen-bond donors (Lipinski definition) is 3. The lowest BCUT2D eigenvalue weighted by Crippen LogP contribution is -2.28. The maximum absolute atomic E-state index is 11.0. The van der Waals surface area contributed by atoms with Crippen LogP contribution in [0.5, 0.6) is 0 Å². The lowest BCUT2D eigenvalue weighted by Gasteiger charge is -2.13. The van der Waals surface area contributed by atoms with Crippen molar-refractivity contribution in [2.24, 2.45) is 0 Å². The first-order valence-corrected chi connectivity index (χ1v) is 7.81. The van der Waals surface area contributed by atoms with E-state index in [0.29, 0.717) is 19.4 Å². The highest BCUT2D eigenvalue weighted by molar-refractivity contribution is 6.63. The van der Waals surface area contributed by atoms with Crippen molar-refractivity contribution in [2.75, 3.05) is 26.2 Å². The summed E-state index contributed by atoms with van der Waals surface area (Å²) in [5, 5.41) is 20.5. The second-order valence-electron chi connectivity index (χ2n) is 4.99. The van der Waals surface area contributed by atoms with Crippen LogP contribution in [0.3, 0.4) is 0 Å². The molecule has 0 aromatic rings. The average Bonchev–Trinajstić information content (AvgIpc) is 3.10. The number of amides is 1. The van der Waals surface area contributed by atoms with Gasteiger partial charge in [-0.25, -0.2) is 0 Å². The van der Waals surface area contributed by atoms with E-state index in [-0.39, 0.29) is 23.4 Å². The second-order valence-corrected chi connectivity index (χ2v) is 5.41. The molecular weight excluding hydrogens is 296 g/mol. The zero-order valence-electron chi connectivity index (χ0n) is 12.8. The van der Waals surface area contributed by atoms with Crippen LogP contribution in [0, 0.1) is 0 Å². The molecule has 6 nitrogen and oxygen atoms in total. The standard InChI is InChI=1S/C7H13NO2.C4H9NO.C3H5ClO/c1-2-7(10)8-4-3-6(9)5-8;6-4-1-2-5-3-4;1-2-3(4)5/h6,9H,2-5H2,1H3;4-6H,1-3H2;2H2,1H3/t6-;4-;/m00./s1. The van der Waals surface area contributed by atoms with E-state index in [4.69, 9.17) is 21.8 Å². The van der Waals surface area contributed by atoms with Gasteiger partial charge >= 0.3 is 0 Å². The van der Waals surface area contributed by atoms with Gasteiger partial charge in [-0.3, -0.25) is 9.59 Å². The van der Waals surface area contributed by atoms with E-state index in [9.17, 15) is 9.59 Å². The van der Waals surface area contributed by atoms with Gasteiger partial charge in [0.2, 0.25) is 11.1 Å². The number of hydrogen-bond acceptors (Lipinski definition) is 5. The maximum atomic E-state index is 11.0. The van der Waals surface area contributed by atoms with Gasteiger partial charge in [0.05, 0.1) is 12.2 Å². The summed E-state index contributed by atoms with van der Waals surface area (Å²) in [5.41, 5.74) is 0. The minimum absolute atomic E-state index is 0.0648. The lowest BCUT2D eigenvalue weighted by molar-refractivity contribution is -0.130. The molecule has 1 amide bonds. The van der Waals surface area contributed by atoms with E-state index >= 15 is 0 Å². The van der Waals surface area contributed by atoms with Crippen molar-refractivity contribution in [3.8, 4) is 0 Å². The van der Waals surface area contributed by atoms with Gasteiger partial charge in [0.25, 0.3) is 0 Å². The molecule has 2 saturated heterocycles. The van der Waals surface area contributed by atoms with Crippen LogP contribution in [-0.4, -0.2) is 64.6 Å². The summed E-state index contributed by atoms with van der Waals surface area (Å²) in [7, 11) is 0. The van der Waals surface area contributed by atoms with E-state index < -0.39 is 0 Å². The number of nitrogens with one attached hydrogen (secondary N) is 1. The molecular formula is C14H27ClN2O4. The monoisotopic (exact) mass is 322 g/mol. The second kappa shape index (κ2) is 11.9. The molecule has 7 heteroatoms. The first kappa shape index (κ1) is 20.3. The van der Waals surface area contributed by atoms with E-state index in [1.165, 1.54) is 0 Å². The summed E-state index contributed by atoms with van der Waals surface area (Å²) < 4.78 is 0. The Morgan fingerprint density at radius 2 is 1.81 bits per heavy atom. The quantitative estimate of drug-likeness (QED) is 0.644. The molecule has 2 heterocycles. The molecule has 124 valence electrons. The van der Waals surface area contributed by atoms with Crippen molar-refractivity contribution in [3.63, 3.8) is 0 Å². The zero-order chi connectivity index (χ0) is 16.3. The van der Waals surface area contributed by atoms with Crippen LogP contribution in [0.2, 0.25) is 0 Å². The number of carbonyl (C=O) groups is 2. The van der Waals surface area contributed by atoms with Crippen molar-refractivity contribution in [3.05, 3.63) is 0 Å². The lowest BCUT2D eigenvalue weighted by atomic mass is 10.3. The Kier molecular flexibility index (Phi) is 11.5. The fourth-order valence-corrected chi connectivity index (χ4v) is 1.83.